The van der Waals surface area contributed by atoms with E-state index in [-0.39, 0.29) is 6.54 Å². The Bertz CT molecular complexity index is 772. The number of thiophene rings is 1. The van der Waals surface area contributed by atoms with Crippen LogP contribution in [0.1, 0.15) is 4.88 Å². The van der Waals surface area contributed by atoms with Gasteiger partial charge in [-0.05, 0) is 17.5 Å². The van der Waals surface area contributed by atoms with E-state index < -0.39 is 43.1 Å². The van der Waals surface area contributed by atoms with Crippen molar-refractivity contribution in [1.82, 2.24) is 10.2 Å². The van der Waals surface area contributed by atoms with Gasteiger partial charge in [0, 0.05) is 22.7 Å². The van der Waals surface area contributed by atoms with Gasteiger partial charge in [-0.1, -0.05) is 18.2 Å². The second kappa shape index (κ2) is 6.55. The summed E-state index contributed by atoms with van der Waals surface area (Å²) in [7, 11) is 0. The molecule has 3 rings (SSSR count). The molecule has 1 aliphatic rings. The number of carbonyl (C=O) groups is 2. The molecule has 0 spiro atoms. The molecule has 25 heavy (non-hydrogen) atoms. The zero-order valence-corrected chi connectivity index (χ0v) is 13.7. The van der Waals surface area contributed by atoms with Crippen LogP contribution in [0.5, 0.6) is 0 Å². The smallest absolute Gasteiger partial charge is 0.394 e. The zero-order valence-electron chi connectivity index (χ0n) is 12.9. The number of carboxylic acids is 1. The summed E-state index contributed by atoms with van der Waals surface area (Å²) in [5.74, 6) is -5.21. The van der Waals surface area contributed by atoms with Gasteiger partial charge in [0.1, 0.15) is 0 Å². The zero-order chi connectivity index (χ0) is 18.2. The van der Waals surface area contributed by atoms with Crippen LogP contribution in [0.4, 0.5) is 18.0 Å². The molecule has 134 valence electrons. The van der Waals surface area contributed by atoms with Crippen LogP contribution in [0, 0.1) is 11.8 Å². The predicted molar refractivity (Wildman–Crippen MR) is 86.3 cm³/mol. The maximum atomic E-state index is 13.0. The summed E-state index contributed by atoms with van der Waals surface area (Å²) in [4.78, 5) is 25.0. The van der Waals surface area contributed by atoms with Crippen LogP contribution >= 0.6 is 11.3 Å². The van der Waals surface area contributed by atoms with Gasteiger partial charge < -0.3 is 15.3 Å². The van der Waals surface area contributed by atoms with E-state index in [1.165, 1.54) is 11.3 Å². The van der Waals surface area contributed by atoms with E-state index in [0.29, 0.717) is 0 Å². The Kier molecular flexibility index (Phi) is 4.59. The van der Waals surface area contributed by atoms with Gasteiger partial charge in [0.15, 0.2) is 0 Å². The van der Waals surface area contributed by atoms with Gasteiger partial charge in [-0.2, -0.15) is 13.2 Å². The van der Waals surface area contributed by atoms with Gasteiger partial charge >= 0.3 is 18.2 Å². The molecule has 1 aromatic carbocycles. The molecule has 0 saturated carbocycles. The Labute approximate surface area is 145 Å². The minimum atomic E-state index is -4.65. The van der Waals surface area contributed by atoms with Crippen LogP contribution in [0.25, 0.3) is 10.1 Å². The number of hydrogen-bond acceptors (Lipinski definition) is 3. The van der Waals surface area contributed by atoms with E-state index in [4.69, 9.17) is 5.11 Å². The standard InChI is InChI=1S/C16H15F3N2O3S/c17-16(18,19)12-8-21(7-11(12)14(22)23)15(24)20-6-10-5-9-3-1-2-4-13(9)25-10/h1-5,11-12H,6-8H2,(H,20,24)(H,22,23)/t11-,12-/m1/s1. The fourth-order valence-corrected chi connectivity index (χ4v) is 3.95. The molecule has 1 fully saturated rings. The topological polar surface area (TPSA) is 69.6 Å². The molecule has 2 N–H and O–H groups in total. The van der Waals surface area contributed by atoms with Gasteiger partial charge in [0.25, 0.3) is 0 Å². The Hall–Kier alpha value is -2.29. The van der Waals surface area contributed by atoms with E-state index in [1.54, 1.807) is 0 Å². The number of carbonyl (C=O) groups excluding carboxylic acids is 1. The molecule has 1 aliphatic heterocycles. The third-order valence-electron chi connectivity index (χ3n) is 4.24. The highest BCUT2D eigenvalue weighted by Crippen LogP contribution is 2.37. The van der Waals surface area contributed by atoms with E-state index in [1.807, 2.05) is 30.3 Å². The summed E-state index contributed by atoms with van der Waals surface area (Å²) in [6.07, 6.45) is -4.65. The highest BCUT2D eigenvalue weighted by atomic mass is 32.1. The fraction of sp³-hybridized carbons (Fsp3) is 0.375. The molecule has 2 aromatic rings. The number of benzene rings is 1. The first-order chi connectivity index (χ1) is 11.8. The third-order valence-corrected chi connectivity index (χ3v) is 5.35. The highest BCUT2D eigenvalue weighted by Gasteiger charge is 2.53. The summed E-state index contributed by atoms with van der Waals surface area (Å²) in [5, 5.41) is 12.6. The number of hydrogen-bond donors (Lipinski definition) is 2. The van der Waals surface area contributed by atoms with Crippen LogP contribution in [0.2, 0.25) is 0 Å². The first kappa shape index (κ1) is 17.5. The van der Waals surface area contributed by atoms with E-state index in [2.05, 4.69) is 5.32 Å². The average molecular weight is 372 g/mol. The molecule has 2 amide bonds. The number of urea groups is 1. The van der Waals surface area contributed by atoms with Crippen molar-refractivity contribution in [1.29, 1.82) is 0 Å². The normalized spacial score (nSPS) is 20.8. The van der Waals surface area contributed by atoms with Crippen molar-refractivity contribution in [2.24, 2.45) is 11.8 Å². The van der Waals surface area contributed by atoms with Gasteiger partial charge in [0.05, 0.1) is 18.4 Å². The van der Waals surface area contributed by atoms with Gasteiger partial charge in [0.2, 0.25) is 0 Å². The van der Waals surface area contributed by atoms with Crippen molar-refractivity contribution in [2.45, 2.75) is 12.7 Å². The first-order valence-corrected chi connectivity index (χ1v) is 8.37. The van der Waals surface area contributed by atoms with E-state index in [0.717, 1.165) is 19.9 Å². The molecule has 2 atom stereocenters. The molecular formula is C16H15F3N2O3S. The van der Waals surface area contributed by atoms with Crippen molar-refractivity contribution >= 4 is 33.4 Å². The predicted octanol–water partition coefficient (Wildman–Crippen LogP) is 3.31. The molecule has 0 unspecified atom stereocenters. The summed E-state index contributed by atoms with van der Waals surface area (Å²) in [6, 6.07) is 8.89. The molecule has 1 saturated heterocycles. The lowest BCUT2D eigenvalue weighted by Crippen LogP contribution is -2.39. The molecule has 1 aromatic heterocycles. The van der Waals surface area contributed by atoms with E-state index >= 15 is 0 Å². The number of likely N-dealkylation sites (tertiary alicyclic amines) is 1. The second-order valence-corrected chi connectivity index (χ2v) is 7.08. The number of amides is 2. The van der Waals surface area contributed by atoms with Crippen LogP contribution in [0.3, 0.4) is 0 Å². The van der Waals surface area contributed by atoms with Crippen molar-refractivity contribution in [3.8, 4) is 0 Å². The number of rotatable bonds is 3. The number of nitrogens with one attached hydrogen (secondary N) is 1. The molecule has 5 nitrogen and oxygen atoms in total. The number of halogens is 3. The van der Waals surface area contributed by atoms with Crippen LogP contribution in [-0.4, -0.2) is 41.3 Å². The Morgan fingerprint density at radius 1 is 1.28 bits per heavy atom. The first-order valence-electron chi connectivity index (χ1n) is 7.55. The third kappa shape index (κ3) is 3.71. The molecular weight excluding hydrogens is 357 g/mol. The number of alkyl halides is 3. The van der Waals surface area contributed by atoms with Crippen molar-refractivity contribution in [3.05, 3.63) is 35.2 Å². The summed E-state index contributed by atoms with van der Waals surface area (Å²) < 4.78 is 39.9. The minimum Gasteiger partial charge on any atom is -0.481 e. The quantitative estimate of drug-likeness (QED) is 0.869. The monoisotopic (exact) mass is 372 g/mol. The number of fused-ring (bicyclic) bond motifs is 1. The van der Waals surface area contributed by atoms with Crippen LogP contribution < -0.4 is 5.32 Å². The lowest BCUT2D eigenvalue weighted by molar-refractivity contribution is -0.187. The molecule has 0 radical (unpaired) electrons. The number of nitrogens with zero attached hydrogens (tertiary/aromatic N) is 1. The van der Waals surface area contributed by atoms with Gasteiger partial charge in [-0.25, -0.2) is 4.79 Å². The van der Waals surface area contributed by atoms with Crippen LogP contribution in [-0.2, 0) is 11.3 Å². The molecule has 2 heterocycles. The van der Waals surface area contributed by atoms with Crippen molar-refractivity contribution < 1.29 is 27.9 Å². The second-order valence-electron chi connectivity index (χ2n) is 5.91. The molecule has 9 heteroatoms. The van der Waals surface area contributed by atoms with Crippen molar-refractivity contribution in [3.63, 3.8) is 0 Å². The Balaban J connectivity index is 1.64. The maximum absolute atomic E-state index is 13.0. The summed E-state index contributed by atoms with van der Waals surface area (Å²) >= 11 is 1.48. The molecule has 0 bridgehead atoms. The summed E-state index contributed by atoms with van der Waals surface area (Å²) in [6.45, 7) is -0.903. The number of aliphatic carboxylic acids is 1. The van der Waals surface area contributed by atoms with E-state index in [9.17, 15) is 22.8 Å². The van der Waals surface area contributed by atoms with Gasteiger partial charge in [-0.15, -0.1) is 11.3 Å². The Morgan fingerprint density at radius 3 is 2.60 bits per heavy atom. The van der Waals surface area contributed by atoms with Crippen LogP contribution in [0.15, 0.2) is 30.3 Å². The fourth-order valence-electron chi connectivity index (χ4n) is 2.95. The lowest BCUT2D eigenvalue weighted by atomic mass is 9.96. The number of carboxylic acid groups (broad SMARTS) is 1. The minimum absolute atomic E-state index is 0.184. The average Bonchev–Trinajstić information content (AvgIpc) is 3.16. The molecule has 0 aliphatic carbocycles. The maximum Gasteiger partial charge on any atom is 0.394 e. The van der Waals surface area contributed by atoms with Crippen molar-refractivity contribution in [2.75, 3.05) is 13.1 Å². The van der Waals surface area contributed by atoms with Gasteiger partial charge in [-0.3, -0.25) is 4.79 Å². The Morgan fingerprint density at radius 2 is 2.00 bits per heavy atom. The highest BCUT2D eigenvalue weighted by molar-refractivity contribution is 7.19. The summed E-state index contributed by atoms with van der Waals surface area (Å²) in [5.41, 5.74) is 0. The SMILES string of the molecule is O=C(O)[C@@H]1CN(C(=O)NCc2cc3ccccc3s2)C[C@H]1C(F)(F)F. The largest absolute Gasteiger partial charge is 0.481 e. The lowest BCUT2D eigenvalue weighted by Gasteiger charge is -2.18.